The predicted octanol–water partition coefficient (Wildman–Crippen LogP) is 4.67. The maximum atomic E-state index is 13.1. The number of Topliss-reactive ketones (excluding diaryl/α,β-unsaturated/α-hetero) is 1. The van der Waals surface area contributed by atoms with Gasteiger partial charge in [-0.1, -0.05) is 36.4 Å². The molecule has 148 valence electrons. The van der Waals surface area contributed by atoms with Crippen molar-refractivity contribution in [1.29, 1.82) is 0 Å². The van der Waals surface area contributed by atoms with E-state index in [1.807, 2.05) is 0 Å². The van der Waals surface area contributed by atoms with Crippen molar-refractivity contribution in [3.8, 4) is 0 Å². The van der Waals surface area contributed by atoms with E-state index in [-0.39, 0.29) is 22.6 Å². The lowest BCUT2D eigenvalue weighted by molar-refractivity contribution is -0.137. The Balaban J connectivity index is 2.11. The van der Waals surface area contributed by atoms with Crippen LogP contribution in [0.25, 0.3) is 11.3 Å². The Morgan fingerprint density at radius 3 is 2.29 bits per heavy atom. The van der Waals surface area contributed by atoms with Gasteiger partial charge in [-0.25, -0.2) is 4.21 Å². The van der Waals surface area contributed by atoms with Crippen molar-refractivity contribution in [2.24, 2.45) is 0 Å². The lowest BCUT2D eigenvalue weighted by atomic mass is 9.91. The molecule has 1 atom stereocenters. The van der Waals surface area contributed by atoms with Crippen LogP contribution in [0.5, 0.6) is 0 Å². The molecule has 2 aromatic rings. The first-order valence-electron chi connectivity index (χ1n) is 8.31. The number of ketones is 1. The van der Waals surface area contributed by atoms with E-state index in [2.05, 4.69) is 0 Å². The van der Waals surface area contributed by atoms with Crippen molar-refractivity contribution in [3.63, 3.8) is 0 Å². The second-order valence-corrected chi connectivity index (χ2v) is 7.82. The summed E-state index contributed by atoms with van der Waals surface area (Å²) in [6, 6.07) is 11.0. The van der Waals surface area contributed by atoms with E-state index in [0.29, 0.717) is 11.1 Å². The maximum Gasteiger partial charge on any atom is 0.416 e. The highest BCUT2D eigenvalue weighted by Crippen LogP contribution is 2.42. The van der Waals surface area contributed by atoms with Crippen molar-refractivity contribution < 1.29 is 31.5 Å². The summed E-state index contributed by atoms with van der Waals surface area (Å²) in [4.78, 5) is 12.8. The molecule has 3 rings (SSSR count). The van der Waals surface area contributed by atoms with Gasteiger partial charge in [0.15, 0.2) is 16.7 Å². The zero-order chi connectivity index (χ0) is 20.7. The second kappa shape index (κ2) is 7.18. The molecule has 0 saturated heterocycles. The number of hydrogen-bond acceptors (Lipinski definition) is 3. The van der Waals surface area contributed by atoms with Crippen molar-refractivity contribution in [2.45, 2.75) is 31.4 Å². The predicted molar refractivity (Wildman–Crippen MR) is 99.3 cm³/mol. The van der Waals surface area contributed by atoms with Gasteiger partial charge in [-0.3, -0.25) is 4.79 Å². The number of ether oxygens (including phenoxy) is 1. The summed E-state index contributed by atoms with van der Waals surface area (Å²) >= 11 is -2.00. The lowest BCUT2D eigenvalue weighted by Crippen LogP contribution is -2.29. The normalized spacial score (nSPS) is 17.6. The number of rotatable bonds is 4. The minimum absolute atomic E-state index is 0.0505. The molecule has 1 aliphatic heterocycles. The summed E-state index contributed by atoms with van der Waals surface area (Å²) < 4.78 is 65.0. The highest BCUT2D eigenvalue weighted by atomic mass is 32.2. The molecule has 1 N–H and O–H groups in total. The highest BCUT2D eigenvalue weighted by molar-refractivity contribution is 7.78. The SMILES string of the molecule is CC1(C)OC(c2ccc(CS(=O)O)cc2)=C(c2cccc(C(F)(F)F)c2)C1=O. The average molecular weight is 410 g/mol. The van der Waals surface area contributed by atoms with Crippen LogP contribution in [-0.2, 0) is 32.5 Å². The Morgan fingerprint density at radius 2 is 1.71 bits per heavy atom. The largest absolute Gasteiger partial charge is 0.478 e. The lowest BCUT2D eigenvalue weighted by Gasteiger charge is -2.18. The molecule has 4 nitrogen and oxygen atoms in total. The van der Waals surface area contributed by atoms with Gasteiger partial charge in [0.1, 0.15) is 5.76 Å². The van der Waals surface area contributed by atoms with E-state index >= 15 is 0 Å². The average Bonchev–Trinajstić information content (AvgIpc) is 2.84. The molecule has 1 unspecified atom stereocenters. The van der Waals surface area contributed by atoms with Crippen molar-refractivity contribution in [1.82, 2.24) is 0 Å². The van der Waals surface area contributed by atoms with E-state index in [0.717, 1.165) is 12.1 Å². The highest BCUT2D eigenvalue weighted by Gasteiger charge is 2.43. The third-order valence-electron chi connectivity index (χ3n) is 4.34. The van der Waals surface area contributed by atoms with Gasteiger partial charge in [0.05, 0.1) is 16.9 Å². The first kappa shape index (κ1) is 20.3. The van der Waals surface area contributed by atoms with E-state index in [1.54, 1.807) is 38.1 Å². The van der Waals surface area contributed by atoms with Crippen LogP contribution >= 0.6 is 0 Å². The second-order valence-electron chi connectivity index (χ2n) is 6.89. The molecule has 0 radical (unpaired) electrons. The summed E-state index contributed by atoms with van der Waals surface area (Å²) in [5.41, 5.74) is -0.761. The van der Waals surface area contributed by atoms with Gasteiger partial charge in [-0.05, 0) is 37.1 Å². The molecule has 28 heavy (non-hydrogen) atoms. The van der Waals surface area contributed by atoms with Crippen LogP contribution in [0.2, 0.25) is 0 Å². The molecule has 0 amide bonds. The Hall–Kier alpha value is -2.45. The first-order valence-corrected chi connectivity index (χ1v) is 9.59. The fourth-order valence-corrected chi connectivity index (χ4v) is 3.45. The van der Waals surface area contributed by atoms with Crippen LogP contribution in [0.1, 0.15) is 36.1 Å². The van der Waals surface area contributed by atoms with E-state index in [9.17, 15) is 22.2 Å². The van der Waals surface area contributed by atoms with Crippen LogP contribution in [0, 0.1) is 0 Å². The van der Waals surface area contributed by atoms with Crippen molar-refractivity contribution in [2.75, 3.05) is 0 Å². The van der Waals surface area contributed by atoms with Crippen LogP contribution in [0.3, 0.4) is 0 Å². The van der Waals surface area contributed by atoms with Gasteiger partial charge >= 0.3 is 6.18 Å². The molecular weight excluding hydrogens is 393 g/mol. The summed E-state index contributed by atoms with van der Waals surface area (Å²) in [7, 11) is 0. The number of carbonyl (C=O) groups is 1. The smallest absolute Gasteiger partial charge is 0.416 e. The molecular formula is C20H17F3O4S. The minimum Gasteiger partial charge on any atom is -0.478 e. The summed E-state index contributed by atoms with van der Waals surface area (Å²) in [6.45, 7) is 3.11. The molecule has 0 aromatic heterocycles. The van der Waals surface area contributed by atoms with Gasteiger partial charge < -0.3 is 9.29 Å². The fourth-order valence-electron chi connectivity index (χ4n) is 2.97. The van der Waals surface area contributed by atoms with Crippen LogP contribution in [0.4, 0.5) is 13.2 Å². The molecule has 8 heteroatoms. The number of hydrogen-bond donors (Lipinski definition) is 1. The Bertz CT molecular complexity index is 976. The van der Waals surface area contributed by atoms with Crippen molar-refractivity contribution in [3.05, 3.63) is 70.8 Å². The van der Waals surface area contributed by atoms with E-state index in [1.165, 1.54) is 12.1 Å². The van der Waals surface area contributed by atoms with E-state index in [4.69, 9.17) is 9.29 Å². The quantitative estimate of drug-likeness (QED) is 0.744. The van der Waals surface area contributed by atoms with Crippen LogP contribution in [-0.4, -0.2) is 20.1 Å². The number of halogens is 3. The summed E-state index contributed by atoms with van der Waals surface area (Å²) in [5, 5.41) is 0. The summed E-state index contributed by atoms with van der Waals surface area (Å²) in [6.07, 6.45) is -4.53. The molecule has 0 saturated carbocycles. The molecule has 1 aliphatic rings. The topological polar surface area (TPSA) is 63.6 Å². The Morgan fingerprint density at radius 1 is 1.07 bits per heavy atom. The van der Waals surface area contributed by atoms with Gasteiger partial charge in [-0.15, -0.1) is 0 Å². The molecule has 1 heterocycles. The molecule has 0 bridgehead atoms. The van der Waals surface area contributed by atoms with Gasteiger partial charge in [0, 0.05) is 5.56 Å². The van der Waals surface area contributed by atoms with Crippen molar-refractivity contribution >= 4 is 28.2 Å². The minimum atomic E-state index is -4.53. The Kier molecular flexibility index (Phi) is 5.20. The molecule has 0 aliphatic carbocycles. The summed E-state index contributed by atoms with van der Waals surface area (Å²) in [5.74, 6) is -0.279. The molecule has 2 aromatic carbocycles. The number of benzene rings is 2. The van der Waals surface area contributed by atoms with Gasteiger partial charge in [0.2, 0.25) is 5.78 Å². The molecule has 0 spiro atoms. The first-order chi connectivity index (χ1) is 13.0. The van der Waals surface area contributed by atoms with E-state index < -0.39 is 34.2 Å². The third kappa shape index (κ3) is 4.02. The number of carbonyl (C=O) groups excluding carboxylic acids is 1. The zero-order valence-electron chi connectivity index (χ0n) is 15.0. The van der Waals surface area contributed by atoms with Gasteiger partial charge in [0.25, 0.3) is 0 Å². The zero-order valence-corrected chi connectivity index (χ0v) is 15.9. The standard InChI is InChI=1S/C20H17F3O4S/c1-19(2)18(24)16(14-4-3-5-15(10-14)20(21,22)23)17(27-19)13-8-6-12(7-9-13)11-28(25)26/h3-10H,11H2,1-2H3,(H,25,26). The van der Waals surface area contributed by atoms with Gasteiger partial charge in [-0.2, -0.15) is 13.2 Å². The van der Waals surface area contributed by atoms with Crippen LogP contribution in [0.15, 0.2) is 48.5 Å². The maximum absolute atomic E-state index is 13.1. The monoisotopic (exact) mass is 410 g/mol. The fraction of sp³-hybridized carbons (Fsp3) is 0.250. The van der Waals surface area contributed by atoms with Crippen LogP contribution < -0.4 is 0 Å². The number of alkyl halides is 3. The third-order valence-corrected chi connectivity index (χ3v) is 4.92. The Labute approximate surface area is 162 Å². The molecule has 0 fully saturated rings.